The maximum Gasteiger partial charge on any atom is 0.266 e. The first-order chi connectivity index (χ1) is 19.1. The van der Waals surface area contributed by atoms with Crippen LogP contribution in [0.5, 0.6) is 11.5 Å². The van der Waals surface area contributed by atoms with Gasteiger partial charge in [-0.3, -0.25) is 19.1 Å². The molecule has 0 saturated heterocycles. The van der Waals surface area contributed by atoms with Crippen LogP contribution < -0.4 is 19.9 Å². The molecule has 0 saturated carbocycles. The van der Waals surface area contributed by atoms with Gasteiger partial charge in [-0.15, -0.1) is 11.3 Å². The summed E-state index contributed by atoms with van der Waals surface area (Å²) in [5, 5.41) is 3.38. The number of aromatic nitrogens is 3. The van der Waals surface area contributed by atoms with E-state index >= 15 is 0 Å². The van der Waals surface area contributed by atoms with Gasteiger partial charge in [0.15, 0.2) is 10.3 Å². The molecule has 0 radical (unpaired) electrons. The summed E-state index contributed by atoms with van der Waals surface area (Å²) in [6.45, 7) is 2.82. The van der Waals surface area contributed by atoms with E-state index in [1.54, 1.807) is 34.9 Å². The van der Waals surface area contributed by atoms with Crippen molar-refractivity contribution < 1.29 is 14.3 Å². The number of nitrogens with zero attached hydrogens (tertiary/aromatic N) is 4. The molecule has 0 aliphatic heterocycles. The van der Waals surface area contributed by atoms with E-state index in [0.29, 0.717) is 45.8 Å². The number of carbonyl (C=O) groups is 1. The number of hydrogen-bond acceptors (Lipinski definition) is 8. The van der Waals surface area contributed by atoms with Crippen molar-refractivity contribution >= 4 is 45.0 Å². The highest BCUT2D eigenvalue weighted by atomic mass is 32.2. The Morgan fingerprint density at radius 1 is 1.03 bits per heavy atom. The fraction of sp³-hybridized carbons (Fsp3) is 0.172. The molecule has 0 fully saturated rings. The van der Waals surface area contributed by atoms with E-state index in [1.807, 2.05) is 73.0 Å². The molecule has 39 heavy (non-hydrogen) atoms. The lowest BCUT2D eigenvalue weighted by atomic mass is 10.2. The summed E-state index contributed by atoms with van der Waals surface area (Å²) in [7, 11) is 1.62. The molecule has 5 aromatic rings. The number of fused-ring (bicyclic) bond motifs is 1. The van der Waals surface area contributed by atoms with E-state index in [1.165, 1.54) is 23.1 Å². The number of ether oxygens (including phenoxy) is 2. The number of benzene rings is 3. The Bertz CT molecular complexity index is 1620. The van der Waals surface area contributed by atoms with Crippen molar-refractivity contribution in [2.75, 3.05) is 24.4 Å². The highest BCUT2D eigenvalue weighted by molar-refractivity contribution is 7.99. The predicted octanol–water partition coefficient (Wildman–Crippen LogP) is 5.58. The molecule has 1 amide bonds. The quantitative estimate of drug-likeness (QED) is 0.163. The van der Waals surface area contributed by atoms with Crippen LogP contribution >= 0.6 is 23.1 Å². The largest absolute Gasteiger partial charge is 0.497 e. The first-order valence-electron chi connectivity index (χ1n) is 12.3. The van der Waals surface area contributed by atoms with Gasteiger partial charge < -0.3 is 9.47 Å². The average Bonchev–Trinajstić information content (AvgIpc) is 3.51. The minimum atomic E-state index is -0.199. The summed E-state index contributed by atoms with van der Waals surface area (Å²) in [6, 6.07) is 22.1. The van der Waals surface area contributed by atoms with Crippen molar-refractivity contribution in [2.24, 2.45) is 0 Å². The van der Waals surface area contributed by atoms with E-state index in [2.05, 4.69) is 4.98 Å². The van der Waals surface area contributed by atoms with Gasteiger partial charge in [0.2, 0.25) is 5.91 Å². The van der Waals surface area contributed by atoms with Crippen molar-refractivity contribution in [3.8, 4) is 17.2 Å². The van der Waals surface area contributed by atoms with E-state index in [9.17, 15) is 9.59 Å². The van der Waals surface area contributed by atoms with E-state index < -0.39 is 0 Å². The average molecular weight is 559 g/mol. The maximum absolute atomic E-state index is 13.6. The van der Waals surface area contributed by atoms with Crippen LogP contribution in [0.1, 0.15) is 12.5 Å². The van der Waals surface area contributed by atoms with Gasteiger partial charge in [-0.25, -0.2) is 9.97 Å². The van der Waals surface area contributed by atoms with Crippen molar-refractivity contribution in [2.45, 2.75) is 18.6 Å². The molecular formula is C29H26N4O4S2. The zero-order chi connectivity index (χ0) is 27.2. The molecule has 5 rings (SSSR count). The van der Waals surface area contributed by atoms with Crippen LogP contribution in [0, 0.1) is 0 Å². The summed E-state index contributed by atoms with van der Waals surface area (Å²) >= 11 is 2.62. The van der Waals surface area contributed by atoms with Crippen LogP contribution in [0.3, 0.4) is 0 Å². The van der Waals surface area contributed by atoms with Crippen molar-refractivity contribution in [1.29, 1.82) is 0 Å². The Kier molecular flexibility index (Phi) is 8.24. The molecule has 3 aromatic carbocycles. The van der Waals surface area contributed by atoms with Gasteiger partial charge in [0.05, 0.1) is 42.6 Å². The highest BCUT2D eigenvalue weighted by Gasteiger charge is 2.21. The molecule has 2 aromatic heterocycles. The van der Waals surface area contributed by atoms with Crippen LogP contribution in [-0.2, 0) is 11.3 Å². The van der Waals surface area contributed by atoms with Crippen LogP contribution in [-0.4, -0.2) is 39.9 Å². The SMILES string of the molecule is CCOc1ccc(-n2c(SCC(=O)N(Cc3ccc(OC)cc3)c3nccs3)nc3ccccc3c2=O)cc1. The van der Waals surface area contributed by atoms with Gasteiger partial charge in [-0.05, 0) is 61.0 Å². The molecule has 198 valence electrons. The van der Waals surface area contributed by atoms with E-state index in [0.717, 1.165) is 11.3 Å². The molecule has 0 spiro atoms. The third-order valence-electron chi connectivity index (χ3n) is 5.93. The van der Waals surface area contributed by atoms with Gasteiger partial charge in [-0.2, -0.15) is 0 Å². The summed E-state index contributed by atoms with van der Waals surface area (Å²) in [5.74, 6) is 1.38. The maximum atomic E-state index is 13.6. The van der Waals surface area contributed by atoms with Gasteiger partial charge in [0.25, 0.3) is 5.56 Å². The fourth-order valence-corrected chi connectivity index (χ4v) is 5.57. The summed E-state index contributed by atoms with van der Waals surface area (Å²) in [4.78, 5) is 37.9. The lowest BCUT2D eigenvalue weighted by molar-refractivity contribution is -0.116. The zero-order valence-electron chi connectivity index (χ0n) is 21.4. The molecule has 0 aliphatic rings. The number of anilines is 1. The standard InChI is InChI=1S/C29H26N4O4S2/c1-3-37-23-14-10-21(11-15-23)33-27(35)24-6-4-5-7-25(24)31-29(33)39-19-26(34)32(28-30-16-17-38-28)18-20-8-12-22(36-2)13-9-20/h4-17H,3,18-19H2,1-2H3. The number of amides is 1. The van der Waals surface area contributed by atoms with Gasteiger partial charge in [-0.1, -0.05) is 36.0 Å². The molecule has 10 heteroatoms. The van der Waals surface area contributed by atoms with E-state index in [4.69, 9.17) is 14.5 Å². The molecule has 0 bridgehead atoms. The van der Waals surface area contributed by atoms with Gasteiger partial charge in [0.1, 0.15) is 11.5 Å². The minimum absolute atomic E-state index is 0.0670. The Morgan fingerprint density at radius 2 is 1.77 bits per heavy atom. The number of carbonyl (C=O) groups excluding carboxylic acids is 1. The third-order valence-corrected chi connectivity index (χ3v) is 7.64. The minimum Gasteiger partial charge on any atom is -0.497 e. The molecule has 0 atom stereocenters. The van der Waals surface area contributed by atoms with E-state index in [-0.39, 0.29) is 17.2 Å². The third kappa shape index (κ3) is 5.97. The highest BCUT2D eigenvalue weighted by Crippen LogP contribution is 2.26. The fourth-order valence-electron chi connectivity index (χ4n) is 4.02. The smallest absolute Gasteiger partial charge is 0.266 e. The second-order valence-electron chi connectivity index (χ2n) is 8.41. The number of thiazole rings is 1. The molecular weight excluding hydrogens is 532 g/mol. The second-order valence-corrected chi connectivity index (χ2v) is 10.2. The molecule has 0 aliphatic carbocycles. The summed E-state index contributed by atoms with van der Waals surface area (Å²) in [6.07, 6.45) is 1.68. The topological polar surface area (TPSA) is 86.6 Å². The number of hydrogen-bond donors (Lipinski definition) is 0. The normalized spacial score (nSPS) is 10.9. The molecule has 2 heterocycles. The lowest BCUT2D eigenvalue weighted by Crippen LogP contribution is -2.32. The Labute approximate surface area is 233 Å². The van der Waals surface area contributed by atoms with Crippen LogP contribution in [0.15, 0.2) is 94.3 Å². The molecule has 0 unspecified atom stereocenters. The zero-order valence-corrected chi connectivity index (χ0v) is 23.1. The number of thioether (sulfide) groups is 1. The predicted molar refractivity (Wildman–Crippen MR) is 156 cm³/mol. The molecule has 0 N–H and O–H groups in total. The van der Waals surface area contributed by atoms with Crippen LogP contribution in [0.4, 0.5) is 5.13 Å². The summed E-state index contributed by atoms with van der Waals surface area (Å²) < 4.78 is 12.4. The Balaban J connectivity index is 1.45. The van der Waals surface area contributed by atoms with Crippen molar-refractivity contribution in [1.82, 2.24) is 14.5 Å². The molecule has 8 nitrogen and oxygen atoms in total. The number of rotatable bonds is 10. The Hall–Kier alpha value is -4.15. The first kappa shape index (κ1) is 26.5. The second kappa shape index (κ2) is 12.1. The van der Waals surface area contributed by atoms with Crippen molar-refractivity contribution in [3.05, 3.63) is 100 Å². The number of methoxy groups -OCH3 is 1. The monoisotopic (exact) mass is 558 g/mol. The lowest BCUT2D eigenvalue weighted by Gasteiger charge is -2.20. The van der Waals surface area contributed by atoms with Crippen LogP contribution in [0.25, 0.3) is 16.6 Å². The summed E-state index contributed by atoms with van der Waals surface area (Å²) in [5.41, 5.74) is 1.97. The number of para-hydroxylation sites is 1. The van der Waals surface area contributed by atoms with Crippen LogP contribution in [0.2, 0.25) is 0 Å². The Morgan fingerprint density at radius 3 is 2.46 bits per heavy atom. The van der Waals surface area contributed by atoms with Crippen molar-refractivity contribution in [3.63, 3.8) is 0 Å². The van der Waals surface area contributed by atoms with Gasteiger partial charge in [0, 0.05) is 11.6 Å². The first-order valence-corrected chi connectivity index (χ1v) is 14.1. The van der Waals surface area contributed by atoms with Gasteiger partial charge >= 0.3 is 0 Å².